The lowest BCUT2D eigenvalue weighted by atomic mass is 9.86. The number of rotatable bonds is 3. The maximum absolute atomic E-state index is 12.0. The molecule has 0 aliphatic carbocycles. The monoisotopic (exact) mass is 264 g/mol. The molecule has 1 aromatic carbocycles. The first-order valence-electron chi connectivity index (χ1n) is 6.37. The van der Waals surface area contributed by atoms with Crippen molar-refractivity contribution in [3.63, 3.8) is 0 Å². The molecule has 0 bridgehead atoms. The molecule has 1 aromatic rings. The molecule has 0 aromatic heterocycles. The number of ketones is 1. The Hall–Kier alpha value is -0.760. The average Bonchev–Trinajstić information content (AvgIpc) is 2.24. The van der Waals surface area contributed by atoms with Gasteiger partial charge < -0.3 is 0 Å². The Morgan fingerprint density at radius 3 is 1.89 bits per heavy atom. The van der Waals surface area contributed by atoms with Gasteiger partial charge >= 0.3 is 0 Å². The lowest BCUT2D eigenvalue weighted by Gasteiger charge is -2.19. The maximum Gasteiger partial charge on any atom is 0.172 e. The molecule has 1 nitrogen and oxygen atoms in total. The van der Waals surface area contributed by atoms with E-state index >= 15 is 0 Å². The molecule has 1 rings (SSSR count). The van der Waals surface area contributed by atoms with Crippen LogP contribution < -0.4 is 0 Å². The third-order valence-corrected chi connectivity index (χ3v) is 3.98. The minimum atomic E-state index is 0.140. The molecule has 0 radical (unpaired) electrons. The minimum Gasteiger partial charge on any atom is -0.293 e. The van der Waals surface area contributed by atoms with Crippen molar-refractivity contribution in [3.8, 4) is 0 Å². The van der Waals surface area contributed by atoms with Gasteiger partial charge in [0.2, 0.25) is 0 Å². The number of hydrogen-bond acceptors (Lipinski definition) is 2. The van der Waals surface area contributed by atoms with Gasteiger partial charge in [0, 0.05) is 10.3 Å². The summed E-state index contributed by atoms with van der Waals surface area (Å²) in [6.45, 7) is 12.9. The molecule has 0 unspecified atom stereocenters. The maximum atomic E-state index is 12.0. The summed E-state index contributed by atoms with van der Waals surface area (Å²) in [6.07, 6.45) is 0. The summed E-state index contributed by atoms with van der Waals surface area (Å²) in [7, 11) is 0. The summed E-state index contributed by atoms with van der Waals surface area (Å²) in [4.78, 5) is 12.0. The van der Waals surface area contributed by atoms with Gasteiger partial charge in [-0.1, -0.05) is 65.8 Å². The molecular weight excluding hydrogens is 240 g/mol. The van der Waals surface area contributed by atoms with E-state index in [9.17, 15) is 4.79 Å². The standard InChI is InChI=1S/C16H24OS/c1-15(2,3)13-9-7-12(8-10-13)14(17)11-18-16(4,5)6/h7-10H,11H2,1-6H3. The van der Waals surface area contributed by atoms with Crippen molar-refractivity contribution >= 4 is 17.5 Å². The van der Waals surface area contributed by atoms with Gasteiger partial charge in [-0.15, -0.1) is 11.8 Å². The summed E-state index contributed by atoms with van der Waals surface area (Å²) >= 11 is 1.70. The van der Waals surface area contributed by atoms with Crippen LogP contribution in [0.4, 0.5) is 0 Å². The van der Waals surface area contributed by atoms with Gasteiger partial charge in [0.1, 0.15) is 0 Å². The van der Waals surface area contributed by atoms with E-state index in [1.54, 1.807) is 11.8 Å². The highest BCUT2D eigenvalue weighted by Crippen LogP contribution is 2.25. The van der Waals surface area contributed by atoms with Gasteiger partial charge in [0.15, 0.2) is 5.78 Å². The zero-order valence-corrected chi connectivity index (χ0v) is 13.1. The second-order valence-corrected chi connectivity index (χ2v) is 8.45. The second-order valence-electron chi connectivity index (χ2n) is 6.65. The van der Waals surface area contributed by atoms with Gasteiger partial charge in [-0.05, 0) is 11.0 Å². The SMILES string of the molecule is CC(C)(C)SCC(=O)c1ccc(C(C)(C)C)cc1. The van der Waals surface area contributed by atoms with Crippen molar-refractivity contribution in [1.29, 1.82) is 0 Å². The Kier molecular flexibility index (Phi) is 4.66. The van der Waals surface area contributed by atoms with Gasteiger partial charge in [-0.3, -0.25) is 4.79 Å². The molecule has 0 atom stereocenters. The van der Waals surface area contributed by atoms with Crippen LogP contribution >= 0.6 is 11.8 Å². The van der Waals surface area contributed by atoms with Crippen molar-refractivity contribution in [3.05, 3.63) is 35.4 Å². The molecule has 0 saturated carbocycles. The quantitative estimate of drug-likeness (QED) is 0.736. The van der Waals surface area contributed by atoms with Crippen LogP contribution in [0.2, 0.25) is 0 Å². The minimum absolute atomic E-state index is 0.140. The first kappa shape index (κ1) is 15.3. The highest BCUT2D eigenvalue weighted by atomic mass is 32.2. The molecule has 100 valence electrons. The largest absolute Gasteiger partial charge is 0.293 e. The van der Waals surface area contributed by atoms with Crippen LogP contribution in [0.3, 0.4) is 0 Å². The summed E-state index contributed by atoms with van der Waals surface area (Å²) in [5.74, 6) is 0.772. The number of Topliss-reactive ketones (excluding diaryl/α,β-unsaturated/α-hetero) is 1. The van der Waals surface area contributed by atoms with Crippen LogP contribution in [-0.4, -0.2) is 16.3 Å². The number of hydrogen-bond donors (Lipinski definition) is 0. The molecule has 0 aliphatic rings. The lowest BCUT2D eigenvalue weighted by molar-refractivity contribution is 0.102. The topological polar surface area (TPSA) is 17.1 Å². The molecule has 0 aliphatic heterocycles. The van der Waals surface area contributed by atoms with E-state index in [2.05, 4.69) is 53.7 Å². The first-order valence-corrected chi connectivity index (χ1v) is 7.36. The van der Waals surface area contributed by atoms with Crippen molar-refractivity contribution in [1.82, 2.24) is 0 Å². The van der Waals surface area contributed by atoms with E-state index in [1.165, 1.54) is 5.56 Å². The summed E-state index contributed by atoms with van der Waals surface area (Å²) in [6, 6.07) is 8.03. The predicted molar refractivity (Wildman–Crippen MR) is 81.7 cm³/mol. The highest BCUT2D eigenvalue weighted by molar-refractivity contribution is 8.01. The fourth-order valence-electron chi connectivity index (χ4n) is 1.52. The van der Waals surface area contributed by atoms with Crippen LogP contribution in [0.25, 0.3) is 0 Å². The van der Waals surface area contributed by atoms with Crippen LogP contribution in [0.1, 0.15) is 57.5 Å². The Labute approximate surface area is 115 Å². The first-order chi connectivity index (χ1) is 8.09. The van der Waals surface area contributed by atoms with Crippen LogP contribution in [0.15, 0.2) is 24.3 Å². The Morgan fingerprint density at radius 2 is 1.50 bits per heavy atom. The molecule has 18 heavy (non-hydrogen) atoms. The second kappa shape index (κ2) is 5.48. The van der Waals surface area contributed by atoms with Gasteiger partial charge in [-0.25, -0.2) is 0 Å². The van der Waals surface area contributed by atoms with Crippen LogP contribution in [0, 0.1) is 0 Å². The number of carbonyl (C=O) groups excluding carboxylic acids is 1. The zero-order chi connectivity index (χ0) is 14.0. The van der Waals surface area contributed by atoms with Gasteiger partial charge in [-0.2, -0.15) is 0 Å². The van der Waals surface area contributed by atoms with E-state index < -0.39 is 0 Å². The van der Waals surface area contributed by atoms with Crippen molar-refractivity contribution in [2.75, 3.05) is 5.75 Å². The molecule has 0 amide bonds. The van der Waals surface area contributed by atoms with E-state index in [1.807, 2.05) is 12.1 Å². The highest BCUT2D eigenvalue weighted by Gasteiger charge is 2.16. The summed E-state index contributed by atoms with van der Waals surface area (Å²) < 4.78 is 0.140. The number of carbonyl (C=O) groups is 1. The molecule has 2 heteroatoms. The molecule has 0 saturated heterocycles. The molecule has 0 fully saturated rings. The van der Waals surface area contributed by atoms with Crippen LogP contribution in [-0.2, 0) is 5.41 Å². The third-order valence-electron chi connectivity index (χ3n) is 2.71. The van der Waals surface area contributed by atoms with Gasteiger partial charge in [0.05, 0.1) is 5.75 Å². The molecule has 0 heterocycles. The van der Waals surface area contributed by atoms with Crippen LogP contribution in [0.5, 0.6) is 0 Å². The Bertz CT molecular complexity index is 404. The Morgan fingerprint density at radius 1 is 1.00 bits per heavy atom. The predicted octanol–water partition coefficient (Wildman–Crippen LogP) is 4.70. The van der Waals surface area contributed by atoms with Crippen molar-refractivity contribution < 1.29 is 4.79 Å². The fourth-order valence-corrected chi connectivity index (χ4v) is 2.25. The van der Waals surface area contributed by atoms with Gasteiger partial charge in [0.25, 0.3) is 0 Å². The average molecular weight is 264 g/mol. The Balaban J connectivity index is 2.71. The zero-order valence-electron chi connectivity index (χ0n) is 12.3. The molecule has 0 N–H and O–H groups in total. The van der Waals surface area contributed by atoms with Crippen molar-refractivity contribution in [2.24, 2.45) is 0 Å². The number of benzene rings is 1. The molecular formula is C16H24OS. The summed E-state index contributed by atoms with van der Waals surface area (Å²) in [5.41, 5.74) is 2.23. The van der Waals surface area contributed by atoms with E-state index in [-0.39, 0.29) is 15.9 Å². The lowest BCUT2D eigenvalue weighted by Crippen LogP contribution is -2.14. The van der Waals surface area contributed by atoms with E-state index in [0.29, 0.717) is 5.75 Å². The van der Waals surface area contributed by atoms with Crippen molar-refractivity contribution in [2.45, 2.75) is 51.7 Å². The smallest absolute Gasteiger partial charge is 0.172 e. The normalized spacial score (nSPS) is 12.6. The third kappa shape index (κ3) is 4.85. The fraction of sp³-hybridized carbons (Fsp3) is 0.562. The number of thioether (sulfide) groups is 1. The van der Waals surface area contributed by atoms with E-state index in [4.69, 9.17) is 0 Å². The van der Waals surface area contributed by atoms with E-state index in [0.717, 1.165) is 5.56 Å². The summed E-state index contributed by atoms with van der Waals surface area (Å²) in [5, 5.41) is 0. The molecule has 0 spiro atoms.